The summed E-state index contributed by atoms with van der Waals surface area (Å²) in [6.45, 7) is 1.89. The van der Waals surface area contributed by atoms with Crippen LogP contribution < -0.4 is 10.6 Å². The molecule has 0 heterocycles. The summed E-state index contributed by atoms with van der Waals surface area (Å²) in [6, 6.07) is -0.666. The Hall–Kier alpha value is -1.21. The molecule has 14 heavy (non-hydrogen) atoms. The fourth-order valence-corrected chi connectivity index (χ4v) is 0.888. The maximum absolute atomic E-state index is 11.1. The number of carbonyl (C=O) groups is 2. The summed E-state index contributed by atoms with van der Waals surface area (Å²) in [5.41, 5.74) is 0. The van der Waals surface area contributed by atoms with E-state index in [4.69, 9.17) is 18.0 Å². The molecule has 0 radical (unpaired) electrons. The van der Waals surface area contributed by atoms with E-state index in [-0.39, 0.29) is 11.9 Å². The predicted molar refractivity (Wildman–Crippen MR) is 54.9 cm³/mol. The van der Waals surface area contributed by atoms with Crippen molar-refractivity contribution in [3.05, 3.63) is 0 Å². The second-order valence-electron chi connectivity index (χ2n) is 2.67. The number of carbonyl (C=O) groups excluding carboxylic acids is 2. The molecule has 4 nitrogen and oxygen atoms in total. The summed E-state index contributed by atoms with van der Waals surface area (Å²) in [6.07, 6.45) is 6.26. The van der Waals surface area contributed by atoms with Crippen LogP contribution in [0, 0.1) is 12.3 Å². The van der Waals surface area contributed by atoms with Crippen molar-refractivity contribution >= 4 is 23.5 Å². The van der Waals surface area contributed by atoms with Gasteiger partial charge in [-0.15, -0.1) is 23.9 Å². The average molecular weight is 217 g/mol. The molecule has 0 aliphatic carbocycles. The summed E-state index contributed by atoms with van der Waals surface area (Å²) >= 11 is 5.20. The smallest absolute Gasteiger partial charge is 0.321 e. The summed E-state index contributed by atoms with van der Waals surface area (Å²) in [4.78, 5) is 21.8. The molecule has 0 rings (SSSR count). The van der Waals surface area contributed by atoms with Gasteiger partial charge in [0.05, 0.1) is 0 Å². The van der Waals surface area contributed by atoms with E-state index in [2.05, 4.69) is 16.6 Å². The van der Waals surface area contributed by atoms with E-state index in [9.17, 15) is 9.59 Å². The summed E-state index contributed by atoms with van der Waals surface area (Å²) in [7, 11) is 0. The van der Waals surface area contributed by atoms with E-state index in [1.807, 2.05) is 6.92 Å². The zero-order chi connectivity index (χ0) is 11.0. The molecule has 0 aromatic heterocycles. The molecule has 0 spiro atoms. The number of terminal acetylenes is 1. The third-order valence-corrected chi connectivity index (χ3v) is 1.81. The molecule has 5 heteroatoms. The number of imide groups is 1. The number of halogens is 1. The van der Waals surface area contributed by atoms with E-state index in [0.29, 0.717) is 12.8 Å². The van der Waals surface area contributed by atoms with Crippen molar-refractivity contribution in [3.8, 4) is 12.3 Å². The van der Waals surface area contributed by atoms with Crippen molar-refractivity contribution in [1.82, 2.24) is 10.6 Å². The molecular formula is C9H13ClN2O2. The van der Waals surface area contributed by atoms with Gasteiger partial charge in [-0.2, -0.15) is 0 Å². The Bertz CT molecular complexity index is 248. The summed E-state index contributed by atoms with van der Waals surface area (Å²) in [5.74, 6) is 1.67. The second-order valence-corrected chi connectivity index (χ2v) is 2.94. The molecule has 3 amide bonds. The highest BCUT2D eigenvalue weighted by molar-refractivity contribution is 6.28. The zero-order valence-corrected chi connectivity index (χ0v) is 8.73. The van der Waals surface area contributed by atoms with Crippen molar-refractivity contribution in [2.45, 2.75) is 25.8 Å². The monoisotopic (exact) mass is 216 g/mol. The molecule has 0 saturated carbocycles. The minimum atomic E-state index is -0.558. The van der Waals surface area contributed by atoms with Gasteiger partial charge in [-0.3, -0.25) is 10.1 Å². The second kappa shape index (κ2) is 7.22. The highest BCUT2D eigenvalue weighted by Gasteiger charge is 2.10. The third kappa shape index (κ3) is 5.44. The minimum absolute atomic E-state index is 0.108. The van der Waals surface area contributed by atoms with Crippen molar-refractivity contribution in [2.24, 2.45) is 0 Å². The van der Waals surface area contributed by atoms with Crippen LogP contribution in [0.4, 0.5) is 4.79 Å². The Morgan fingerprint density at radius 2 is 2.21 bits per heavy atom. The maximum atomic E-state index is 11.1. The maximum Gasteiger partial charge on any atom is 0.321 e. The normalized spacial score (nSPS) is 11.2. The molecular weight excluding hydrogens is 204 g/mol. The first-order valence-electron chi connectivity index (χ1n) is 4.23. The lowest BCUT2D eigenvalue weighted by Crippen LogP contribution is -2.44. The Labute approximate surface area is 88.4 Å². The van der Waals surface area contributed by atoms with Crippen LogP contribution in [0.2, 0.25) is 0 Å². The van der Waals surface area contributed by atoms with Gasteiger partial charge in [0.15, 0.2) is 0 Å². The molecule has 0 bridgehead atoms. The number of rotatable bonds is 4. The van der Waals surface area contributed by atoms with Crippen LogP contribution in [-0.4, -0.2) is 23.9 Å². The van der Waals surface area contributed by atoms with Crippen LogP contribution in [0.1, 0.15) is 19.8 Å². The van der Waals surface area contributed by atoms with Gasteiger partial charge in [0, 0.05) is 12.5 Å². The molecule has 0 saturated heterocycles. The molecule has 0 fully saturated rings. The minimum Gasteiger partial charge on any atom is -0.334 e. The van der Waals surface area contributed by atoms with Crippen LogP contribution in [0.25, 0.3) is 0 Å². The molecule has 1 atom stereocenters. The molecule has 1 unspecified atom stereocenters. The Morgan fingerprint density at radius 3 is 2.64 bits per heavy atom. The van der Waals surface area contributed by atoms with E-state index in [1.165, 1.54) is 0 Å². The van der Waals surface area contributed by atoms with Gasteiger partial charge in [0.25, 0.3) is 0 Å². The number of nitrogens with one attached hydrogen (secondary N) is 2. The van der Waals surface area contributed by atoms with Gasteiger partial charge in [0.2, 0.25) is 5.91 Å². The van der Waals surface area contributed by atoms with Crippen LogP contribution in [0.15, 0.2) is 0 Å². The first kappa shape index (κ1) is 12.8. The lowest BCUT2D eigenvalue weighted by molar-refractivity contribution is -0.117. The molecule has 0 aromatic carbocycles. The molecule has 78 valence electrons. The number of hydrogen-bond donors (Lipinski definition) is 2. The van der Waals surface area contributed by atoms with E-state index in [0.717, 1.165) is 0 Å². The van der Waals surface area contributed by atoms with Crippen LogP contribution in [-0.2, 0) is 4.79 Å². The Balaban J connectivity index is 3.91. The topological polar surface area (TPSA) is 58.2 Å². The highest BCUT2D eigenvalue weighted by Crippen LogP contribution is 1.95. The predicted octanol–water partition coefficient (Wildman–Crippen LogP) is 0.853. The SMILES string of the molecule is C#CCC(CC)NC(=O)NC(=O)CCl. The van der Waals surface area contributed by atoms with E-state index >= 15 is 0 Å². The van der Waals surface area contributed by atoms with Gasteiger partial charge in [-0.05, 0) is 6.42 Å². The lowest BCUT2D eigenvalue weighted by Gasteiger charge is -2.13. The van der Waals surface area contributed by atoms with E-state index in [1.54, 1.807) is 0 Å². The van der Waals surface area contributed by atoms with Crippen LogP contribution in [0.5, 0.6) is 0 Å². The van der Waals surface area contributed by atoms with Crippen LogP contribution >= 0.6 is 11.6 Å². The Kier molecular flexibility index (Phi) is 6.59. The highest BCUT2D eigenvalue weighted by atomic mass is 35.5. The van der Waals surface area contributed by atoms with Crippen molar-refractivity contribution < 1.29 is 9.59 Å². The molecule has 0 aliphatic rings. The fourth-order valence-electron chi connectivity index (χ4n) is 0.821. The number of alkyl halides is 1. The van der Waals surface area contributed by atoms with Gasteiger partial charge in [-0.1, -0.05) is 6.92 Å². The number of hydrogen-bond acceptors (Lipinski definition) is 2. The largest absolute Gasteiger partial charge is 0.334 e. The average Bonchev–Trinajstić information content (AvgIpc) is 2.16. The number of amides is 3. The van der Waals surface area contributed by atoms with Crippen molar-refractivity contribution in [2.75, 3.05) is 5.88 Å². The third-order valence-electron chi connectivity index (χ3n) is 1.57. The summed E-state index contributed by atoms with van der Waals surface area (Å²) in [5, 5.41) is 4.62. The quantitative estimate of drug-likeness (QED) is 0.541. The zero-order valence-electron chi connectivity index (χ0n) is 7.97. The fraction of sp³-hybridized carbons (Fsp3) is 0.556. The van der Waals surface area contributed by atoms with E-state index < -0.39 is 11.9 Å². The molecule has 0 aliphatic heterocycles. The van der Waals surface area contributed by atoms with Gasteiger partial charge >= 0.3 is 6.03 Å². The first-order valence-corrected chi connectivity index (χ1v) is 4.77. The van der Waals surface area contributed by atoms with Gasteiger partial charge in [0.1, 0.15) is 5.88 Å². The standard InChI is InChI=1S/C9H13ClN2O2/c1-3-5-7(4-2)11-9(14)12-8(13)6-10/h1,7H,4-6H2,2H3,(H2,11,12,13,14). The van der Waals surface area contributed by atoms with Gasteiger partial charge in [-0.25, -0.2) is 4.79 Å². The van der Waals surface area contributed by atoms with Crippen molar-refractivity contribution in [3.63, 3.8) is 0 Å². The Morgan fingerprint density at radius 1 is 1.57 bits per heavy atom. The molecule has 0 aromatic rings. The lowest BCUT2D eigenvalue weighted by atomic mass is 10.2. The van der Waals surface area contributed by atoms with Crippen LogP contribution in [0.3, 0.4) is 0 Å². The van der Waals surface area contributed by atoms with Crippen molar-refractivity contribution in [1.29, 1.82) is 0 Å². The summed E-state index contributed by atoms with van der Waals surface area (Å²) < 4.78 is 0. The molecule has 2 N–H and O–H groups in total. The first-order chi connectivity index (χ1) is 6.63. The number of urea groups is 1. The van der Waals surface area contributed by atoms with Gasteiger partial charge < -0.3 is 5.32 Å².